The monoisotopic (exact) mass is 245 g/mol. The Morgan fingerprint density at radius 1 is 1.11 bits per heavy atom. The molecule has 1 fully saturated rings. The lowest BCUT2D eigenvalue weighted by molar-refractivity contribution is -0.120. The predicted molar refractivity (Wildman–Crippen MR) is 67.4 cm³/mol. The first kappa shape index (κ1) is 11.2. The minimum Gasteiger partial charge on any atom is -0.312 e. The zero-order valence-corrected chi connectivity index (χ0v) is 10.0. The van der Waals surface area contributed by atoms with Gasteiger partial charge in [-0.2, -0.15) is 0 Å². The Morgan fingerprint density at radius 2 is 2.00 bits per heavy atom. The van der Waals surface area contributed by atoms with Gasteiger partial charge in [-0.1, -0.05) is 6.07 Å². The van der Waals surface area contributed by atoms with Crippen LogP contribution in [0.5, 0.6) is 0 Å². The van der Waals surface area contributed by atoms with Crippen LogP contribution in [0.15, 0.2) is 18.2 Å². The summed E-state index contributed by atoms with van der Waals surface area (Å²) in [5, 5.41) is 5.66. The van der Waals surface area contributed by atoms with Crippen LogP contribution in [0.4, 0.5) is 10.5 Å². The smallest absolute Gasteiger partial charge is 0.312 e. The highest BCUT2D eigenvalue weighted by molar-refractivity contribution is 6.05. The molecule has 5 heteroatoms. The van der Waals surface area contributed by atoms with Crippen molar-refractivity contribution in [2.24, 2.45) is 0 Å². The van der Waals surface area contributed by atoms with E-state index in [1.807, 2.05) is 6.07 Å². The highest BCUT2D eigenvalue weighted by atomic mass is 16.2. The molecule has 0 bridgehead atoms. The molecule has 0 unspecified atom stereocenters. The molecule has 2 aliphatic heterocycles. The van der Waals surface area contributed by atoms with Crippen LogP contribution in [-0.4, -0.2) is 25.0 Å². The number of nitrogens with one attached hydrogen (secondary N) is 2. The summed E-state index contributed by atoms with van der Waals surface area (Å²) in [4.78, 5) is 24.5. The Morgan fingerprint density at radius 3 is 2.83 bits per heavy atom. The van der Waals surface area contributed by atoms with Gasteiger partial charge in [0.15, 0.2) is 0 Å². The van der Waals surface area contributed by atoms with Crippen LogP contribution in [0.2, 0.25) is 0 Å². The summed E-state index contributed by atoms with van der Waals surface area (Å²) in [5.74, 6) is -0.196. The molecule has 0 spiro atoms. The maximum atomic E-state index is 11.8. The lowest BCUT2D eigenvalue weighted by atomic mass is 10.00. The molecule has 2 N–H and O–H groups in total. The van der Waals surface area contributed by atoms with Crippen LogP contribution >= 0.6 is 0 Å². The van der Waals surface area contributed by atoms with Gasteiger partial charge in [-0.05, 0) is 36.2 Å². The first-order chi connectivity index (χ1) is 8.74. The van der Waals surface area contributed by atoms with E-state index >= 15 is 0 Å². The summed E-state index contributed by atoms with van der Waals surface area (Å²) in [6.45, 7) is 2.32. The molecular formula is C13H15N3O2. The molecule has 0 saturated carbocycles. The highest BCUT2D eigenvalue weighted by Gasteiger charge is 2.24. The van der Waals surface area contributed by atoms with Crippen LogP contribution in [0.25, 0.3) is 0 Å². The molecule has 1 saturated heterocycles. The zero-order chi connectivity index (χ0) is 12.5. The van der Waals surface area contributed by atoms with Crippen molar-refractivity contribution in [2.75, 3.05) is 18.0 Å². The fraction of sp³-hybridized carbons (Fsp3) is 0.385. The second kappa shape index (κ2) is 4.42. The van der Waals surface area contributed by atoms with Crippen molar-refractivity contribution in [3.05, 3.63) is 29.3 Å². The SMILES string of the molecule is O=C1CCN(c2ccc3c(c2)CCNC3)C(=O)N1. The number of carbonyl (C=O) groups is 2. The fourth-order valence-corrected chi connectivity index (χ4v) is 2.44. The molecule has 0 atom stereocenters. The molecule has 2 heterocycles. The van der Waals surface area contributed by atoms with E-state index < -0.39 is 0 Å². The Kier molecular flexibility index (Phi) is 2.76. The number of benzene rings is 1. The Hall–Kier alpha value is -1.88. The van der Waals surface area contributed by atoms with Crippen molar-refractivity contribution in [3.8, 4) is 0 Å². The molecule has 0 radical (unpaired) electrons. The third-order valence-electron chi connectivity index (χ3n) is 3.44. The van der Waals surface area contributed by atoms with E-state index in [9.17, 15) is 9.59 Å². The van der Waals surface area contributed by atoms with E-state index in [2.05, 4.69) is 22.8 Å². The van der Waals surface area contributed by atoms with E-state index in [0.717, 1.165) is 25.2 Å². The summed E-state index contributed by atoms with van der Waals surface area (Å²) in [5.41, 5.74) is 3.45. The number of urea groups is 1. The quantitative estimate of drug-likeness (QED) is 0.768. The molecule has 1 aromatic rings. The largest absolute Gasteiger partial charge is 0.328 e. The first-order valence-electron chi connectivity index (χ1n) is 6.18. The number of rotatable bonds is 1. The minimum absolute atomic E-state index is 0.196. The van der Waals surface area contributed by atoms with Crippen LogP contribution in [0, 0.1) is 0 Å². The van der Waals surface area contributed by atoms with E-state index in [4.69, 9.17) is 0 Å². The number of hydrogen-bond acceptors (Lipinski definition) is 3. The molecular weight excluding hydrogens is 230 g/mol. The molecule has 2 aliphatic rings. The van der Waals surface area contributed by atoms with Crippen LogP contribution in [0.3, 0.4) is 0 Å². The van der Waals surface area contributed by atoms with Gasteiger partial charge in [0.2, 0.25) is 5.91 Å². The predicted octanol–water partition coefficient (Wildman–Crippen LogP) is 0.779. The Labute approximate surface area is 105 Å². The number of nitrogens with zero attached hydrogens (tertiary/aromatic N) is 1. The van der Waals surface area contributed by atoms with E-state index in [0.29, 0.717) is 13.0 Å². The van der Waals surface area contributed by atoms with Crippen LogP contribution in [0.1, 0.15) is 17.5 Å². The van der Waals surface area contributed by atoms with Gasteiger partial charge in [0, 0.05) is 25.2 Å². The van der Waals surface area contributed by atoms with Crippen molar-refractivity contribution >= 4 is 17.6 Å². The van der Waals surface area contributed by atoms with Crippen molar-refractivity contribution in [1.29, 1.82) is 0 Å². The van der Waals surface area contributed by atoms with E-state index in [1.54, 1.807) is 4.90 Å². The molecule has 3 rings (SSSR count). The molecule has 5 nitrogen and oxygen atoms in total. The molecule has 0 aromatic heterocycles. The number of anilines is 1. The second-order valence-electron chi connectivity index (χ2n) is 4.63. The molecule has 0 aliphatic carbocycles. The van der Waals surface area contributed by atoms with E-state index in [-0.39, 0.29) is 11.9 Å². The number of imide groups is 1. The van der Waals surface area contributed by atoms with Gasteiger partial charge < -0.3 is 5.32 Å². The fourth-order valence-electron chi connectivity index (χ4n) is 2.44. The van der Waals surface area contributed by atoms with Gasteiger partial charge in [-0.15, -0.1) is 0 Å². The van der Waals surface area contributed by atoms with Gasteiger partial charge in [-0.3, -0.25) is 15.0 Å². The van der Waals surface area contributed by atoms with Gasteiger partial charge in [0.1, 0.15) is 0 Å². The van der Waals surface area contributed by atoms with Gasteiger partial charge in [0.25, 0.3) is 0 Å². The maximum absolute atomic E-state index is 11.8. The minimum atomic E-state index is -0.319. The second-order valence-corrected chi connectivity index (χ2v) is 4.63. The molecule has 1 aromatic carbocycles. The summed E-state index contributed by atoms with van der Waals surface area (Å²) in [6, 6.07) is 5.74. The van der Waals surface area contributed by atoms with Crippen LogP contribution < -0.4 is 15.5 Å². The van der Waals surface area contributed by atoms with Gasteiger partial charge in [-0.25, -0.2) is 4.79 Å². The van der Waals surface area contributed by atoms with Crippen molar-refractivity contribution in [3.63, 3.8) is 0 Å². The number of hydrogen-bond donors (Lipinski definition) is 2. The maximum Gasteiger partial charge on any atom is 0.328 e. The zero-order valence-electron chi connectivity index (χ0n) is 10.0. The topological polar surface area (TPSA) is 61.4 Å². The normalized spacial score (nSPS) is 19.4. The number of carbonyl (C=O) groups excluding carboxylic acids is 2. The summed E-state index contributed by atoms with van der Waals surface area (Å²) < 4.78 is 0. The van der Waals surface area contributed by atoms with Crippen LogP contribution in [-0.2, 0) is 17.8 Å². The lowest BCUT2D eigenvalue weighted by Crippen LogP contribution is -2.49. The average molecular weight is 245 g/mol. The summed E-state index contributed by atoms with van der Waals surface area (Å²) >= 11 is 0. The first-order valence-corrected chi connectivity index (χ1v) is 6.18. The number of fused-ring (bicyclic) bond motifs is 1. The lowest BCUT2D eigenvalue weighted by Gasteiger charge is -2.28. The standard InChI is InChI=1S/C13H15N3O2/c17-12-4-6-16(13(18)15-12)11-2-1-10-8-14-5-3-9(10)7-11/h1-2,7,14H,3-6,8H2,(H,15,17,18). The average Bonchev–Trinajstić information content (AvgIpc) is 2.38. The van der Waals surface area contributed by atoms with Crippen molar-refractivity contribution < 1.29 is 9.59 Å². The third kappa shape index (κ3) is 1.97. The van der Waals surface area contributed by atoms with Crippen molar-refractivity contribution in [1.82, 2.24) is 10.6 Å². The van der Waals surface area contributed by atoms with Gasteiger partial charge in [0.05, 0.1) is 0 Å². The molecule has 94 valence electrons. The van der Waals surface area contributed by atoms with Gasteiger partial charge >= 0.3 is 6.03 Å². The third-order valence-corrected chi connectivity index (χ3v) is 3.44. The summed E-state index contributed by atoms with van der Waals surface area (Å²) in [6.07, 6.45) is 1.35. The molecule has 3 amide bonds. The Balaban J connectivity index is 1.88. The van der Waals surface area contributed by atoms with Crippen molar-refractivity contribution in [2.45, 2.75) is 19.4 Å². The molecule has 18 heavy (non-hydrogen) atoms. The van der Waals surface area contributed by atoms with E-state index in [1.165, 1.54) is 11.1 Å². The highest BCUT2D eigenvalue weighted by Crippen LogP contribution is 2.23. The Bertz CT molecular complexity index is 513. The summed E-state index contributed by atoms with van der Waals surface area (Å²) in [7, 11) is 0. The number of amides is 3.